The van der Waals surface area contributed by atoms with Crippen molar-refractivity contribution in [2.45, 2.75) is 26.1 Å². The molecular weight excluding hydrogens is 244 g/mol. The number of aromatic carboxylic acids is 1. The van der Waals surface area contributed by atoms with Gasteiger partial charge in [0.25, 0.3) is 0 Å². The maximum atomic E-state index is 10.7. The number of carboxylic acids is 1. The van der Waals surface area contributed by atoms with E-state index in [9.17, 15) is 4.79 Å². The maximum absolute atomic E-state index is 10.7. The Balaban J connectivity index is 1.83. The van der Waals surface area contributed by atoms with Crippen molar-refractivity contribution in [3.63, 3.8) is 0 Å². The summed E-state index contributed by atoms with van der Waals surface area (Å²) in [4.78, 5) is 14.6. The molecule has 0 unspecified atom stereocenters. The van der Waals surface area contributed by atoms with E-state index in [2.05, 4.69) is 22.3 Å². The van der Waals surface area contributed by atoms with E-state index in [-0.39, 0.29) is 6.04 Å². The Morgan fingerprint density at radius 2 is 2.16 bits per heavy atom. The van der Waals surface area contributed by atoms with Gasteiger partial charge in [0.1, 0.15) is 12.7 Å². The first-order chi connectivity index (χ1) is 9.15. The van der Waals surface area contributed by atoms with Crippen LogP contribution in [0.5, 0.6) is 0 Å². The van der Waals surface area contributed by atoms with E-state index in [1.165, 1.54) is 6.33 Å². The second-order valence-corrected chi connectivity index (χ2v) is 4.40. The van der Waals surface area contributed by atoms with Gasteiger partial charge in [-0.1, -0.05) is 12.1 Å². The third-order valence-electron chi connectivity index (χ3n) is 2.78. The molecule has 0 saturated carbocycles. The molecule has 0 aliphatic heterocycles. The lowest BCUT2D eigenvalue weighted by molar-refractivity contribution is 0.0697. The Kier molecular flexibility index (Phi) is 4.25. The second-order valence-electron chi connectivity index (χ2n) is 4.40. The van der Waals surface area contributed by atoms with Crippen LogP contribution in [-0.4, -0.2) is 31.9 Å². The van der Waals surface area contributed by atoms with E-state index in [1.807, 2.05) is 12.1 Å². The molecule has 1 aromatic carbocycles. The van der Waals surface area contributed by atoms with E-state index in [0.29, 0.717) is 12.1 Å². The summed E-state index contributed by atoms with van der Waals surface area (Å²) in [6.45, 7) is 3.50. The van der Waals surface area contributed by atoms with Crippen molar-refractivity contribution < 1.29 is 9.90 Å². The Morgan fingerprint density at radius 3 is 2.74 bits per heavy atom. The van der Waals surface area contributed by atoms with Gasteiger partial charge >= 0.3 is 5.97 Å². The molecule has 0 radical (unpaired) electrons. The maximum Gasteiger partial charge on any atom is 0.335 e. The molecule has 2 rings (SSSR count). The third-order valence-corrected chi connectivity index (χ3v) is 2.78. The van der Waals surface area contributed by atoms with Gasteiger partial charge in [0.05, 0.1) is 12.1 Å². The standard InChI is InChI=1S/C13H16N4O2/c1-10(7-17-9-14-8-16-17)15-6-11-2-4-12(5-3-11)13(18)19/h2-5,8-10,15H,6-7H2,1H3,(H,18,19)/t10-/m0/s1. The fraction of sp³-hybridized carbons (Fsp3) is 0.308. The smallest absolute Gasteiger partial charge is 0.335 e. The van der Waals surface area contributed by atoms with E-state index >= 15 is 0 Å². The summed E-state index contributed by atoms with van der Waals surface area (Å²) in [7, 11) is 0. The van der Waals surface area contributed by atoms with Crippen LogP contribution in [0.15, 0.2) is 36.9 Å². The molecule has 19 heavy (non-hydrogen) atoms. The highest BCUT2D eigenvalue weighted by molar-refractivity contribution is 5.87. The molecule has 1 heterocycles. The number of carbonyl (C=O) groups is 1. The van der Waals surface area contributed by atoms with E-state index < -0.39 is 5.97 Å². The minimum absolute atomic E-state index is 0.251. The van der Waals surface area contributed by atoms with Crippen molar-refractivity contribution in [3.8, 4) is 0 Å². The third kappa shape index (κ3) is 3.89. The average molecular weight is 260 g/mol. The lowest BCUT2D eigenvalue weighted by Gasteiger charge is -2.13. The molecule has 0 spiro atoms. The summed E-state index contributed by atoms with van der Waals surface area (Å²) in [5, 5.41) is 16.2. The quantitative estimate of drug-likeness (QED) is 0.814. The fourth-order valence-corrected chi connectivity index (χ4v) is 1.73. The Bertz CT molecular complexity index is 522. The zero-order valence-corrected chi connectivity index (χ0v) is 10.7. The predicted octanol–water partition coefficient (Wildman–Crippen LogP) is 1.15. The lowest BCUT2D eigenvalue weighted by atomic mass is 10.1. The van der Waals surface area contributed by atoms with Crippen LogP contribution in [0.1, 0.15) is 22.8 Å². The minimum atomic E-state index is -0.904. The number of hydrogen-bond acceptors (Lipinski definition) is 4. The average Bonchev–Trinajstić information content (AvgIpc) is 2.89. The number of carboxylic acid groups (broad SMARTS) is 1. The molecule has 1 aromatic heterocycles. The van der Waals surface area contributed by atoms with Crippen molar-refractivity contribution >= 4 is 5.97 Å². The van der Waals surface area contributed by atoms with Crippen molar-refractivity contribution in [2.75, 3.05) is 0 Å². The molecule has 0 amide bonds. The molecule has 100 valence electrons. The van der Waals surface area contributed by atoms with Crippen LogP contribution in [0, 0.1) is 0 Å². The SMILES string of the molecule is C[C@@H](Cn1cncn1)NCc1ccc(C(=O)O)cc1. The van der Waals surface area contributed by atoms with Crippen LogP contribution in [0.3, 0.4) is 0 Å². The topological polar surface area (TPSA) is 80.0 Å². The number of aromatic nitrogens is 3. The van der Waals surface area contributed by atoms with Gasteiger partial charge in [-0.05, 0) is 24.6 Å². The summed E-state index contributed by atoms with van der Waals surface area (Å²) in [5.74, 6) is -0.904. The van der Waals surface area contributed by atoms with Crippen LogP contribution < -0.4 is 5.32 Å². The molecular formula is C13H16N4O2. The summed E-state index contributed by atoms with van der Waals surface area (Å²) in [6.07, 6.45) is 3.19. The number of hydrogen-bond donors (Lipinski definition) is 2. The first-order valence-electron chi connectivity index (χ1n) is 6.03. The van der Waals surface area contributed by atoms with Gasteiger partial charge in [0.2, 0.25) is 0 Å². The lowest BCUT2D eigenvalue weighted by Crippen LogP contribution is -2.30. The molecule has 0 aliphatic carbocycles. The molecule has 1 atom stereocenters. The normalized spacial score (nSPS) is 12.3. The van der Waals surface area contributed by atoms with E-state index in [0.717, 1.165) is 12.1 Å². The van der Waals surface area contributed by atoms with Crippen molar-refractivity contribution in [3.05, 3.63) is 48.0 Å². The largest absolute Gasteiger partial charge is 0.478 e. The van der Waals surface area contributed by atoms with Gasteiger partial charge in [0, 0.05) is 12.6 Å². The van der Waals surface area contributed by atoms with Gasteiger partial charge in [-0.15, -0.1) is 0 Å². The molecule has 0 bridgehead atoms. The van der Waals surface area contributed by atoms with Gasteiger partial charge < -0.3 is 10.4 Å². The molecule has 2 N–H and O–H groups in total. The highest BCUT2D eigenvalue weighted by atomic mass is 16.4. The number of nitrogens with one attached hydrogen (secondary N) is 1. The first kappa shape index (κ1) is 13.2. The predicted molar refractivity (Wildman–Crippen MR) is 69.7 cm³/mol. The summed E-state index contributed by atoms with van der Waals surface area (Å²) >= 11 is 0. The fourth-order valence-electron chi connectivity index (χ4n) is 1.73. The monoisotopic (exact) mass is 260 g/mol. The van der Waals surface area contributed by atoms with Crippen LogP contribution in [0.2, 0.25) is 0 Å². The number of nitrogens with zero attached hydrogens (tertiary/aromatic N) is 3. The highest BCUT2D eigenvalue weighted by Gasteiger charge is 2.04. The van der Waals surface area contributed by atoms with Gasteiger partial charge in [-0.25, -0.2) is 9.78 Å². The Labute approximate surface area is 111 Å². The Hall–Kier alpha value is -2.21. The molecule has 0 aliphatic rings. The zero-order chi connectivity index (χ0) is 13.7. The number of benzene rings is 1. The van der Waals surface area contributed by atoms with Crippen LogP contribution >= 0.6 is 0 Å². The first-order valence-corrected chi connectivity index (χ1v) is 6.03. The summed E-state index contributed by atoms with van der Waals surface area (Å²) in [6, 6.07) is 7.11. The molecule has 6 heteroatoms. The van der Waals surface area contributed by atoms with Crippen molar-refractivity contribution in [1.29, 1.82) is 0 Å². The molecule has 2 aromatic rings. The van der Waals surface area contributed by atoms with Gasteiger partial charge in [0.15, 0.2) is 0 Å². The van der Waals surface area contributed by atoms with Crippen molar-refractivity contribution in [2.24, 2.45) is 0 Å². The van der Waals surface area contributed by atoms with Crippen LogP contribution in [0.25, 0.3) is 0 Å². The van der Waals surface area contributed by atoms with Crippen molar-refractivity contribution in [1.82, 2.24) is 20.1 Å². The van der Waals surface area contributed by atoms with Gasteiger partial charge in [-0.3, -0.25) is 4.68 Å². The summed E-state index contributed by atoms with van der Waals surface area (Å²) in [5.41, 5.74) is 1.36. The summed E-state index contributed by atoms with van der Waals surface area (Å²) < 4.78 is 1.77. The van der Waals surface area contributed by atoms with Crippen LogP contribution in [0.4, 0.5) is 0 Å². The highest BCUT2D eigenvalue weighted by Crippen LogP contribution is 2.04. The van der Waals surface area contributed by atoms with E-state index in [1.54, 1.807) is 23.1 Å². The Morgan fingerprint density at radius 1 is 1.42 bits per heavy atom. The van der Waals surface area contributed by atoms with Gasteiger partial charge in [-0.2, -0.15) is 5.10 Å². The van der Waals surface area contributed by atoms with Crippen LogP contribution in [-0.2, 0) is 13.1 Å². The number of rotatable bonds is 6. The second kappa shape index (κ2) is 6.10. The molecule has 6 nitrogen and oxygen atoms in total. The molecule has 0 saturated heterocycles. The zero-order valence-electron chi connectivity index (χ0n) is 10.7. The minimum Gasteiger partial charge on any atom is -0.478 e. The molecule has 0 fully saturated rings. The van der Waals surface area contributed by atoms with E-state index in [4.69, 9.17) is 5.11 Å².